The highest BCUT2D eigenvalue weighted by molar-refractivity contribution is 6.31. The van der Waals surface area contributed by atoms with E-state index in [4.69, 9.17) is 17.3 Å². The fourth-order valence-corrected chi connectivity index (χ4v) is 1.49. The molecule has 14 heavy (non-hydrogen) atoms. The molecule has 0 amide bonds. The molecule has 0 spiro atoms. The first-order chi connectivity index (χ1) is 6.56. The van der Waals surface area contributed by atoms with Crippen LogP contribution in [0.1, 0.15) is 28.9 Å². The molecule has 0 aliphatic carbocycles. The molecule has 0 heterocycles. The molecule has 76 valence electrons. The summed E-state index contributed by atoms with van der Waals surface area (Å²) < 4.78 is 4.56. The summed E-state index contributed by atoms with van der Waals surface area (Å²) in [6, 6.07) is 4.80. The Labute approximate surface area is 87.8 Å². The number of ether oxygens (including phenoxy) is 1. The van der Waals surface area contributed by atoms with E-state index in [2.05, 4.69) is 4.74 Å². The van der Waals surface area contributed by atoms with Gasteiger partial charge in [0.2, 0.25) is 0 Å². The van der Waals surface area contributed by atoms with Crippen LogP contribution in [0.2, 0.25) is 5.02 Å². The van der Waals surface area contributed by atoms with E-state index in [0.29, 0.717) is 10.6 Å². The van der Waals surface area contributed by atoms with Gasteiger partial charge < -0.3 is 10.5 Å². The number of hydrogen-bond acceptors (Lipinski definition) is 3. The number of esters is 1. The number of rotatable bonds is 2. The number of methoxy groups -OCH3 is 1. The van der Waals surface area contributed by atoms with Crippen LogP contribution in [-0.4, -0.2) is 13.1 Å². The molecule has 4 heteroatoms. The van der Waals surface area contributed by atoms with Gasteiger partial charge in [-0.15, -0.1) is 0 Å². The molecule has 0 bridgehead atoms. The summed E-state index contributed by atoms with van der Waals surface area (Å²) >= 11 is 5.94. The van der Waals surface area contributed by atoms with E-state index in [0.717, 1.165) is 5.56 Å². The molecule has 0 aromatic heterocycles. The normalized spacial score (nSPS) is 12.3. The zero-order valence-corrected chi connectivity index (χ0v) is 8.84. The summed E-state index contributed by atoms with van der Waals surface area (Å²) in [5, 5.41) is 0.489. The fourth-order valence-electron chi connectivity index (χ4n) is 1.14. The summed E-state index contributed by atoms with van der Waals surface area (Å²) in [7, 11) is 1.33. The minimum atomic E-state index is -0.400. The number of halogens is 1. The fraction of sp³-hybridized carbons (Fsp3) is 0.300. The lowest BCUT2D eigenvalue weighted by atomic mass is 10.1. The van der Waals surface area contributed by atoms with E-state index >= 15 is 0 Å². The standard InChI is InChI=1S/C10H12ClNO2/c1-6(12)8-4-3-7(5-9(8)11)10(13)14-2/h3-6H,12H2,1-2H3. The predicted molar refractivity (Wildman–Crippen MR) is 55.4 cm³/mol. The van der Waals surface area contributed by atoms with E-state index in [-0.39, 0.29) is 6.04 Å². The second-order valence-electron chi connectivity index (χ2n) is 3.02. The molecule has 0 saturated carbocycles. The van der Waals surface area contributed by atoms with Gasteiger partial charge in [0.05, 0.1) is 12.7 Å². The van der Waals surface area contributed by atoms with Gasteiger partial charge >= 0.3 is 5.97 Å². The third kappa shape index (κ3) is 2.25. The van der Waals surface area contributed by atoms with Crippen molar-refractivity contribution in [2.45, 2.75) is 13.0 Å². The van der Waals surface area contributed by atoms with Crippen LogP contribution in [0, 0.1) is 0 Å². The lowest BCUT2D eigenvalue weighted by Gasteiger charge is -2.08. The molecule has 1 atom stereocenters. The van der Waals surface area contributed by atoms with Crippen molar-refractivity contribution < 1.29 is 9.53 Å². The Morgan fingerprint density at radius 3 is 2.64 bits per heavy atom. The average Bonchev–Trinajstić information content (AvgIpc) is 2.15. The van der Waals surface area contributed by atoms with Crippen LogP contribution in [-0.2, 0) is 4.74 Å². The summed E-state index contributed by atoms with van der Waals surface area (Å²) in [6.45, 7) is 1.83. The molecule has 3 nitrogen and oxygen atoms in total. The Morgan fingerprint density at radius 1 is 1.57 bits per heavy atom. The van der Waals surface area contributed by atoms with Crippen LogP contribution in [0.5, 0.6) is 0 Å². The molecular formula is C10H12ClNO2. The van der Waals surface area contributed by atoms with Crippen LogP contribution in [0.4, 0.5) is 0 Å². The molecule has 0 fully saturated rings. The molecule has 1 rings (SSSR count). The van der Waals surface area contributed by atoms with Gasteiger partial charge in [0.25, 0.3) is 0 Å². The van der Waals surface area contributed by atoms with Crippen molar-refractivity contribution in [1.82, 2.24) is 0 Å². The minimum absolute atomic E-state index is 0.144. The third-order valence-electron chi connectivity index (χ3n) is 1.91. The number of hydrogen-bond donors (Lipinski definition) is 1. The molecule has 1 unspecified atom stereocenters. The lowest BCUT2D eigenvalue weighted by molar-refractivity contribution is 0.0600. The van der Waals surface area contributed by atoms with Gasteiger partial charge in [0, 0.05) is 11.1 Å². The highest BCUT2D eigenvalue weighted by atomic mass is 35.5. The quantitative estimate of drug-likeness (QED) is 0.766. The first-order valence-electron chi connectivity index (χ1n) is 4.19. The molecule has 0 radical (unpaired) electrons. The zero-order valence-electron chi connectivity index (χ0n) is 8.08. The zero-order chi connectivity index (χ0) is 10.7. The Bertz CT molecular complexity index is 350. The van der Waals surface area contributed by atoms with E-state index < -0.39 is 5.97 Å². The van der Waals surface area contributed by atoms with Gasteiger partial charge in [-0.2, -0.15) is 0 Å². The largest absolute Gasteiger partial charge is 0.465 e. The van der Waals surface area contributed by atoms with E-state index in [1.54, 1.807) is 18.2 Å². The minimum Gasteiger partial charge on any atom is -0.465 e. The van der Waals surface area contributed by atoms with Crippen LogP contribution in [0.3, 0.4) is 0 Å². The van der Waals surface area contributed by atoms with Crippen molar-refractivity contribution in [1.29, 1.82) is 0 Å². The molecule has 1 aromatic rings. The lowest BCUT2D eigenvalue weighted by Crippen LogP contribution is -2.07. The van der Waals surface area contributed by atoms with E-state index in [1.165, 1.54) is 7.11 Å². The van der Waals surface area contributed by atoms with Crippen LogP contribution in [0.25, 0.3) is 0 Å². The van der Waals surface area contributed by atoms with Crippen molar-refractivity contribution in [3.8, 4) is 0 Å². The van der Waals surface area contributed by atoms with Gasteiger partial charge in [-0.05, 0) is 24.6 Å². The molecule has 0 aliphatic heterocycles. The van der Waals surface area contributed by atoms with Crippen molar-refractivity contribution in [2.24, 2.45) is 5.73 Å². The Morgan fingerprint density at radius 2 is 2.21 bits per heavy atom. The number of benzene rings is 1. The Balaban J connectivity index is 3.06. The maximum Gasteiger partial charge on any atom is 0.337 e. The van der Waals surface area contributed by atoms with Gasteiger partial charge in [-0.1, -0.05) is 17.7 Å². The number of nitrogens with two attached hydrogens (primary N) is 1. The maximum absolute atomic E-state index is 11.1. The first kappa shape index (κ1) is 11.0. The van der Waals surface area contributed by atoms with Crippen molar-refractivity contribution >= 4 is 17.6 Å². The van der Waals surface area contributed by atoms with Crippen molar-refractivity contribution in [3.63, 3.8) is 0 Å². The van der Waals surface area contributed by atoms with Gasteiger partial charge in [0.1, 0.15) is 0 Å². The average molecular weight is 214 g/mol. The van der Waals surface area contributed by atoms with Crippen LogP contribution in [0.15, 0.2) is 18.2 Å². The Hall–Kier alpha value is -1.06. The highest BCUT2D eigenvalue weighted by Gasteiger charge is 2.10. The first-order valence-corrected chi connectivity index (χ1v) is 4.57. The topological polar surface area (TPSA) is 52.3 Å². The van der Waals surface area contributed by atoms with Crippen molar-refractivity contribution in [2.75, 3.05) is 7.11 Å². The van der Waals surface area contributed by atoms with Crippen LogP contribution >= 0.6 is 11.6 Å². The summed E-state index contributed by atoms with van der Waals surface area (Å²) in [6.07, 6.45) is 0. The predicted octanol–water partition coefficient (Wildman–Crippen LogP) is 2.15. The third-order valence-corrected chi connectivity index (χ3v) is 2.24. The van der Waals surface area contributed by atoms with E-state index in [9.17, 15) is 4.79 Å². The molecule has 1 aromatic carbocycles. The van der Waals surface area contributed by atoms with E-state index in [1.807, 2.05) is 6.92 Å². The second-order valence-corrected chi connectivity index (χ2v) is 3.42. The van der Waals surface area contributed by atoms with Gasteiger partial charge in [0.15, 0.2) is 0 Å². The van der Waals surface area contributed by atoms with Crippen LogP contribution < -0.4 is 5.73 Å². The van der Waals surface area contributed by atoms with Gasteiger partial charge in [-0.25, -0.2) is 4.79 Å². The smallest absolute Gasteiger partial charge is 0.337 e. The molecular weight excluding hydrogens is 202 g/mol. The summed E-state index contributed by atoms with van der Waals surface area (Å²) in [4.78, 5) is 11.1. The monoisotopic (exact) mass is 213 g/mol. The van der Waals surface area contributed by atoms with Crippen molar-refractivity contribution in [3.05, 3.63) is 34.3 Å². The Kier molecular flexibility index (Phi) is 3.49. The number of carbonyl (C=O) groups excluding carboxylic acids is 1. The summed E-state index contributed by atoms with van der Waals surface area (Å²) in [5.74, 6) is -0.400. The summed E-state index contributed by atoms with van der Waals surface area (Å²) in [5.41, 5.74) is 6.92. The SMILES string of the molecule is COC(=O)c1ccc(C(C)N)c(Cl)c1. The highest BCUT2D eigenvalue weighted by Crippen LogP contribution is 2.22. The second kappa shape index (κ2) is 4.44. The molecule has 0 aliphatic rings. The maximum atomic E-state index is 11.1. The molecule has 0 saturated heterocycles. The molecule has 2 N–H and O–H groups in total. The van der Waals surface area contributed by atoms with Gasteiger partial charge in [-0.3, -0.25) is 0 Å². The number of carbonyl (C=O) groups is 1.